The fraction of sp³-hybridized carbons (Fsp3) is 0.917. The second-order valence-corrected chi connectivity index (χ2v) is 6.10. The molecular formula is C12H20BrNO3. The fourth-order valence-electron chi connectivity index (χ4n) is 2.37. The van der Waals surface area contributed by atoms with Crippen LogP contribution >= 0.6 is 15.9 Å². The van der Waals surface area contributed by atoms with E-state index >= 15 is 0 Å². The Hall–Kier alpha value is -0.130. The van der Waals surface area contributed by atoms with Crippen LogP contribution in [0.3, 0.4) is 0 Å². The van der Waals surface area contributed by atoms with Gasteiger partial charge in [-0.25, -0.2) is 0 Å². The van der Waals surface area contributed by atoms with Gasteiger partial charge in [-0.05, 0) is 12.3 Å². The quantitative estimate of drug-likeness (QED) is 0.730. The van der Waals surface area contributed by atoms with Gasteiger partial charge in [0.15, 0.2) is 5.79 Å². The van der Waals surface area contributed by atoms with E-state index in [1.165, 1.54) is 0 Å². The third-order valence-corrected chi connectivity index (χ3v) is 4.81. The normalized spacial score (nSPS) is 25.5. The van der Waals surface area contributed by atoms with Crippen molar-refractivity contribution in [2.45, 2.75) is 37.3 Å². The van der Waals surface area contributed by atoms with E-state index in [9.17, 15) is 4.79 Å². The Morgan fingerprint density at radius 3 is 2.59 bits per heavy atom. The van der Waals surface area contributed by atoms with Gasteiger partial charge < -0.3 is 14.4 Å². The lowest BCUT2D eigenvalue weighted by Gasteiger charge is -2.39. The topological polar surface area (TPSA) is 38.8 Å². The minimum Gasteiger partial charge on any atom is -0.346 e. The summed E-state index contributed by atoms with van der Waals surface area (Å²) >= 11 is 3.47. The predicted molar refractivity (Wildman–Crippen MR) is 68.0 cm³/mol. The molecule has 17 heavy (non-hydrogen) atoms. The summed E-state index contributed by atoms with van der Waals surface area (Å²) in [6.45, 7) is 6.75. The number of nitrogens with zero attached hydrogens (tertiary/aromatic N) is 1. The number of alkyl halides is 1. The Kier molecular flexibility index (Phi) is 4.10. The van der Waals surface area contributed by atoms with Crippen molar-refractivity contribution in [3.63, 3.8) is 0 Å². The Labute approximate surface area is 111 Å². The summed E-state index contributed by atoms with van der Waals surface area (Å²) in [4.78, 5) is 14.0. The van der Waals surface area contributed by atoms with Crippen LogP contribution in [0.5, 0.6) is 0 Å². The molecule has 0 aromatic rings. The van der Waals surface area contributed by atoms with Crippen molar-refractivity contribution in [2.75, 3.05) is 26.3 Å². The van der Waals surface area contributed by atoms with Gasteiger partial charge in [0.05, 0.1) is 24.6 Å². The maximum absolute atomic E-state index is 12.2. The summed E-state index contributed by atoms with van der Waals surface area (Å²) in [5, 5.41) is 0. The summed E-state index contributed by atoms with van der Waals surface area (Å²) in [6, 6.07) is 0. The lowest BCUT2D eigenvalue weighted by molar-refractivity contribution is -0.193. The van der Waals surface area contributed by atoms with Gasteiger partial charge in [-0.2, -0.15) is 0 Å². The van der Waals surface area contributed by atoms with Gasteiger partial charge >= 0.3 is 0 Å². The first-order valence-corrected chi connectivity index (χ1v) is 7.16. The molecule has 98 valence electrons. The molecule has 0 aliphatic carbocycles. The van der Waals surface area contributed by atoms with E-state index in [4.69, 9.17) is 9.47 Å². The lowest BCUT2D eigenvalue weighted by atomic mass is 10.0. The maximum Gasteiger partial charge on any atom is 0.236 e. The molecule has 4 nitrogen and oxygen atoms in total. The Balaban J connectivity index is 1.99. The Morgan fingerprint density at radius 1 is 1.35 bits per heavy atom. The highest BCUT2D eigenvalue weighted by molar-refractivity contribution is 9.10. The molecule has 0 N–H and O–H groups in total. The number of hydrogen-bond donors (Lipinski definition) is 0. The molecule has 2 heterocycles. The lowest BCUT2D eigenvalue weighted by Crippen LogP contribution is -2.53. The summed E-state index contributed by atoms with van der Waals surface area (Å²) in [6.07, 6.45) is 1.84. The maximum atomic E-state index is 12.2. The highest BCUT2D eigenvalue weighted by Crippen LogP contribution is 2.31. The van der Waals surface area contributed by atoms with E-state index in [0.717, 1.165) is 19.4 Å². The molecule has 2 aliphatic rings. The van der Waals surface area contributed by atoms with Gasteiger partial charge in [0.2, 0.25) is 5.91 Å². The van der Waals surface area contributed by atoms with Gasteiger partial charge in [0.25, 0.3) is 0 Å². The first kappa shape index (κ1) is 13.3. The van der Waals surface area contributed by atoms with Gasteiger partial charge in [0.1, 0.15) is 0 Å². The molecule has 2 rings (SSSR count). The smallest absolute Gasteiger partial charge is 0.236 e. The van der Waals surface area contributed by atoms with E-state index in [1.54, 1.807) is 0 Å². The van der Waals surface area contributed by atoms with Crippen LogP contribution in [0.4, 0.5) is 0 Å². The number of halogens is 1. The SMILES string of the molecule is CC(C)C(Br)C(=O)N1CCCC2(C1)OCCO2. The van der Waals surface area contributed by atoms with E-state index < -0.39 is 5.79 Å². The van der Waals surface area contributed by atoms with Crippen LogP contribution in [-0.4, -0.2) is 47.7 Å². The number of piperidine rings is 1. The molecule has 1 unspecified atom stereocenters. The highest BCUT2D eigenvalue weighted by Gasteiger charge is 2.43. The van der Waals surface area contributed by atoms with Crippen LogP contribution in [0.1, 0.15) is 26.7 Å². The molecular weight excluding hydrogens is 286 g/mol. The van der Waals surface area contributed by atoms with E-state index in [1.807, 2.05) is 18.7 Å². The molecule has 0 bridgehead atoms. The number of rotatable bonds is 2. The van der Waals surface area contributed by atoms with Crippen molar-refractivity contribution in [1.29, 1.82) is 0 Å². The first-order chi connectivity index (χ1) is 8.04. The number of ether oxygens (including phenoxy) is 2. The summed E-state index contributed by atoms with van der Waals surface area (Å²) in [5.41, 5.74) is 0. The molecule has 2 saturated heterocycles. The second kappa shape index (κ2) is 5.24. The number of hydrogen-bond acceptors (Lipinski definition) is 3. The first-order valence-electron chi connectivity index (χ1n) is 6.25. The molecule has 0 aromatic heterocycles. The van der Waals surface area contributed by atoms with Crippen LogP contribution in [-0.2, 0) is 14.3 Å². The zero-order valence-electron chi connectivity index (χ0n) is 10.4. The van der Waals surface area contributed by atoms with Gasteiger partial charge in [0, 0.05) is 13.0 Å². The molecule has 1 spiro atoms. The Bertz CT molecular complexity index is 289. The highest BCUT2D eigenvalue weighted by atomic mass is 79.9. The van der Waals surface area contributed by atoms with Crippen molar-refractivity contribution >= 4 is 21.8 Å². The second-order valence-electron chi connectivity index (χ2n) is 5.12. The average Bonchev–Trinajstić information content (AvgIpc) is 2.75. The van der Waals surface area contributed by atoms with E-state index in [2.05, 4.69) is 15.9 Å². The average molecular weight is 306 g/mol. The summed E-state index contributed by atoms with van der Waals surface area (Å²) in [7, 11) is 0. The summed E-state index contributed by atoms with van der Waals surface area (Å²) in [5.74, 6) is -0.0681. The van der Waals surface area contributed by atoms with E-state index in [0.29, 0.717) is 25.7 Å². The summed E-state index contributed by atoms with van der Waals surface area (Å²) < 4.78 is 11.3. The predicted octanol–water partition coefficient (Wildman–Crippen LogP) is 1.77. The third-order valence-electron chi connectivity index (χ3n) is 3.36. The molecule has 1 amide bonds. The van der Waals surface area contributed by atoms with Crippen molar-refractivity contribution in [2.24, 2.45) is 5.92 Å². The Morgan fingerprint density at radius 2 is 2.00 bits per heavy atom. The van der Waals surface area contributed by atoms with Crippen molar-refractivity contribution < 1.29 is 14.3 Å². The van der Waals surface area contributed by atoms with E-state index in [-0.39, 0.29) is 10.7 Å². The number of carbonyl (C=O) groups excluding carboxylic acids is 1. The van der Waals surface area contributed by atoms with Crippen molar-refractivity contribution in [1.82, 2.24) is 4.90 Å². The zero-order chi connectivity index (χ0) is 12.5. The molecule has 2 aliphatic heterocycles. The molecule has 2 fully saturated rings. The van der Waals surface area contributed by atoms with Crippen LogP contribution in [0, 0.1) is 5.92 Å². The number of likely N-dealkylation sites (tertiary alicyclic amines) is 1. The van der Waals surface area contributed by atoms with Crippen molar-refractivity contribution in [3.05, 3.63) is 0 Å². The molecule has 0 saturated carbocycles. The molecule has 0 radical (unpaired) electrons. The van der Waals surface area contributed by atoms with Gasteiger partial charge in [-0.15, -0.1) is 0 Å². The van der Waals surface area contributed by atoms with Gasteiger partial charge in [-0.1, -0.05) is 29.8 Å². The molecule has 5 heteroatoms. The minimum atomic E-state index is -0.516. The van der Waals surface area contributed by atoms with Crippen molar-refractivity contribution in [3.8, 4) is 0 Å². The number of carbonyl (C=O) groups is 1. The molecule has 1 atom stereocenters. The largest absolute Gasteiger partial charge is 0.346 e. The van der Waals surface area contributed by atoms with Crippen LogP contribution in [0.15, 0.2) is 0 Å². The minimum absolute atomic E-state index is 0.112. The monoisotopic (exact) mass is 305 g/mol. The zero-order valence-corrected chi connectivity index (χ0v) is 12.0. The van der Waals surface area contributed by atoms with Crippen LogP contribution in [0.25, 0.3) is 0 Å². The van der Waals surface area contributed by atoms with Crippen LogP contribution in [0.2, 0.25) is 0 Å². The van der Waals surface area contributed by atoms with Crippen LogP contribution < -0.4 is 0 Å². The third kappa shape index (κ3) is 2.83. The molecule has 0 aromatic carbocycles. The van der Waals surface area contributed by atoms with Gasteiger partial charge in [-0.3, -0.25) is 4.79 Å². The standard InChI is InChI=1S/C12H20BrNO3/c1-9(2)10(13)11(15)14-5-3-4-12(8-14)16-6-7-17-12/h9-10H,3-8H2,1-2H3. The number of amides is 1. The fourth-order valence-corrected chi connectivity index (χ4v) is 2.66.